The van der Waals surface area contributed by atoms with Gasteiger partial charge in [0.2, 0.25) is 20.0 Å². The van der Waals surface area contributed by atoms with Crippen molar-refractivity contribution in [3.05, 3.63) is 144 Å². The van der Waals surface area contributed by atoms with Crippen LogP contribution < -0.4 is 43.5 Å². The SMILES string of the molecule is Cc1ccc2c(c1)Oc1cc(C(F)(F)F)ccc1N2[C@H]1CN(C(=O)OC(C)(C)C)C[C@@H](NS(=O)(=O)c2ccc(OC(F)(F)F)cc2)[C@@H]1O.Cc1ccc2c(c1)Oc1cc(C(F)(F)F)ccc1N2[C@H]1CNC[C@@H](NS(=O)(=O)c2ccc(OC(F)(F)F)cc2)[C@@H]1O. The van der Waals surface area contributed by atoms with Crippen molar-refractivity contribution >= 4 is 48.9 Å². The van der Waals surface area contributed by atoms with E-state index in [1.54, 1.807) is 75.9 Å². The van der Waals surface area contributed by atoms with Crippen LogP contribution in [-0.4, -0.2) is 119 Å². The number of hydrogen-bond donors (Lipinski definition) is 5. The first-order chi connectivity index (χ1) is 41.2. The number of anilines is 4. The lowest BCUT2D eigenvalue weighted by atomic mass is 9.94. The van der Waals surface area contributed by atoms with Gasteiger partial charge in [0, 0.05) is 26.2 Å². The van der Waals surface area contributed by atoms with E-state index in [2.05, 4.69) is 24.2 Å². The van der Waals surface area contributed by atoms with E-state index in [0.717, 1.165) is 89.3 Å². The maximum atomic E-state index is 13.7. The molecule has 0 aromatic heterocycles. The average molecular weight is 1310 g/mol. The summed E-state index contributed by atoms with van der Waals surface area (Å²) in [5.41, 5.74) is -0.273. The quantitative estimate of drug-likeness (QED) is 0.0806. The zero-order chi connectivity index (χ0) is 65.1. The number of benzene rings is 6. The number of halogens is 12. The van der Waals surface area contributed by atoms with Crippen molar-refractivity contribution in [1.82, 2.24) is 19.7 Å². The summed E-state index contributed by atoms with van der Waals surface area (Å²) in [6, 6.07) is 18.1. The zero-order valence-corrected chi connectivity index (χ0v) is 48.6. The number of nitrogens with one attached hydrogen (secondary N) is 3. The number of ether oxygens (including phenoxy) is 5. The Balaban J connectivity index is 0.000000214. The number of sulfonamides is 2. The number of piperidine rings is 2. The second kappa shape index (κ2) is 24.2. The van der Waals surface area contributed by atoms with Crippen molar-refractivity contribution in [3.63, 3.8) is 0 Å². The molecule has 10 rings (SSSR count). The molecular formula is C57H54F12N6O12S2. The van der Waals surface area contributed by atoms with Crippen molar-refractivity contribution in [2.24, 2.45) is 0 Å². The van der Waals surface area contributed by atoms with E-state index in [4.69, 9.17) is 14.2 Å². The van der Waals surface area contributed by atoms with E-state index < -0.39 is 127 Å². The fourth-order valence-electron chi connectivity index (χ4n) is 10.2. The van der Waals surface area contributed by atoms with Crippen LogP contribution in [0.2, 0.25) is 0 Å². The van der Waals surface area contributed by atoms with Crippen molar-refractivity contribution in [1.29, 1.82) is 0 Å². The molecule has 4 aliphatic rings. The van der Waals surface area contributed by atoms with Gasteiger partial charge in [-0.25, -0.2) is 31.1 Å². The van der Waals surface area contributed by atoms with Gasteiger partial charge in [-0.3, -0.25) is 0 Å². The molecule has 89 heavy (non-hydrogen) atoms. The highest BCUT2D eigenvalue weighted by molar-refractivity contribution is 7.89. The van der Waals surface area contributed by atoms with Gasteiger partial charge < -0.3 is 53.9 Å². The van der Waals surface area contributed by atoms with Crippen LogP contribution in [0.3, 0.4) is 0 Å². The second-order valence-electron chi connectivity index (χ2n) is 21.9. The summed E-state index contributed by atoms with van der Waals surface area (Å²) in [4.78, 5) is 16.8. The Morgan fingerprint density at radius 1 is 0.528 bits per heavy atom. The van der Waals surface area contributed by atoms with Crippen LogP contribution in [0.25, 0.3) is 0 Å². The molecule has 2 fully saturated rings. The van der Waals surface area contributed by atoms with Gasteiger partial charge in [0.25, 0.3) is 0 Å². The number of hydrogen-bond acceptors (Lipinski definition) is 15. The number of amides is 1. The molecule has 1 amide bonds. The Bertz CT molecular complexity index is 3830. The third kappa shape index (κ3) is 15.3. The standard InChI is InChI=1S/C31H31F6N3O7S.C26H23F6N3O5S/c1-17-5-11-22-25(13-17)45-26-14-18(30(32,33)34)6-12-23(26)40(22)24-16-39(28(42)47-29(2,3)4)15-21(27(24)41)38-48(43,44)20-9-7-19(8-10-20)46-31(35,36)37;1-14-2-8-19-22(10-14)39-23-11-15(25(27,28)29)3-9-20(23)35(19)21-13-33-12-18(24(21)36)34-41(37,38)17-6-4-16(5-7-17)40-26(30,31)32/h5-14,21,24,27,38,41H,15-16H2,1-4H3;2-11,18,21,24,33-34,36H,12-13H2,1H3/t21-,24+,27+;18-,21+,24+/m11/s1. The highest BCUT2D eigenvalue weighted by atomic mass is 32.2. The van der Waals surface area contributed by atoms with Gasteiger partial charge in [0.05, 0.1) is 80.0 Å². The fraction of sp³-hybridized carbons (Fsp3) is 0.351. The molecule has 0 radical (unpaired) electrons. The molecular weight excluding hydrogens is 1250 g/mol. The Morgan fingerprint density at radius 3 is 1.31 bits per heavy atom. The molecule has 5 N–H and O–H groups in total. The molecule has 0 aliphatic carbocycles. The average Bonchev–Trinajstić information content (AvgIpc) is 0.820. The van der Waals surface area contributed by atoms with Gasteiger partial charge in [-0.2, -0.15) is 26.3 Å². The van der Waals surface area contributed by atoms with E-state index in [1.165, 1.54) is 11.0 Å². The topological polar surface area (TPSA) is 218 Å². The highest BCUT2D eigenvalue weighted by Gasteiger charge is 2.48. The Morgan fingerprint density at radius 2 is 0.910 bits per heavy atom. The summed E-state index contributed by atoms with van der Waals surface area (Å²) in [5.74, 6) is -1.14. The number of fused-ring (bicyclic) bond motifs is 4. The third-order valence-corrected chi connectivity index (χ3v) is 17.1. The fourth-order valence-corrected chi connectivity index (χ4v) is 12.7. The minimum Gasteiger partial charge on any atom is -0.453 e. The molecule has 32 heteroatoms. The molecule has 0 bridgehead atoms. The lowest BCUT2D eigenvalue weighted by Crippen LogP contribution is -2.66. The van der Waals surface area contributed by atoms with Gasteiger partial charge in [-0.05, 0) is 155 Å². The lowest BCUT2D eigenvalue weighted by Gasteiger charge is -2.48. The molecule has 0 spiro atoms. The summed E-state index contributed by atoms with van der Waals surface area (Å²) in [7, 11) is -8.85. The molecule has 4 aliphatic heterocycles. The van der Waals surface area contributed by atoms with E-state index in [1.807, 2.05) is 0 Å². The first kappa shape index (κ1) is 65.7. The minimum atomic E-state index is -5.01. The van der Waals surface area contributed by atoms with Gasteiger partial charge in [-0.15, -0.1) is 26.3 Å². The van der Waals surface area contributed by atoms with E-state index >= 15 is 0 Å². The second-order valence-corrected chi connectivity index (χ2v) is 25.3. The number of nitrogens with zero attached hydrogens (tertiary/aromatic N) is 3. The van der Waals surface area contributed by atoms with Gasteiger partial charge in [0.1, 0.15) is 17.1 Å². The van der Waals surface area contributed by atoms with E-state index in [9.17, 15) is 84.5 Å². The molecule has 18 nitrogen and oxygen atoms in total. The first-order valence-electron chi connectivity index (χ1n) is 26.6. The molecule has 480 valence electrons. The number of likely N-dealkylation sites (tertiary alicyclic amines) is 1. The summed E-state index contributed by atoms with van der Waals surface area (Å²) in [6.07, 6.45) is -23.1. The van der Waals surface area contributed by atoms with Crippen molar-refractivity contribution in [2.75, 3.05) is 36.0 Å². The van der Waals surface area contributed by atoms with Crippen molar-refractivity contribution in [2.45, 2.75) is 111 Å². The largest absolute Gasteiger partial charge is 0.573 e. The van der Waals surface area contributed by atoms with Crippen LogP contribution in [0.15, 0.2) is 131 Å². The Labute approximate surface area is 500 Å². The Hall–Kier alpha value is -7.75. The zero-order valence-electron chi connectivity index (χ0n) is 47.0. The van der Waals surface area contributed by atoms with Gasteiger partial charge in [0.15, 0.2) is 23.0 Å². The predicted octanol–water partition coefficient (Wildman–Crippen LogP) is 11.3. The van der Waals surface area contributed by atoms with Crippen molar-refractivity contribution < 1.29 is 108 Å². The van der Waals surface area contributed by atoms with E-state index in [-0.39, 0.29) is 58.9 Å². The number of aryl methyl sites for hydroxylation is 2. The highest BCUT2D eigenvalue weighted by Crippen LogP contribution is 2.52. The third-order valence-electron chi connectivity index (χ3n) is 14.1. The molecule has 0 saturated carbocycles. The van der Waals surface area contributed by atoms with Crippen LogP contribution in [-0.2, 0) is 37.1 Å². The van der Waals surface area contributed by atoms with Crippen LogP contribution in [0.4, 0.5) is 80.2 Å². The van der Waals surface area contributed by atoms with Crippen LogP contribution >= 0.6 is 0 Å². The van der Waals surface area contributed by atoms with Gasteiger partial charge in [-0.1, -0.05) is 12.1 Å². The van der Waals surface area contributed by atoms with Crippen LogP contribution in [0.1, 0.15) is 43.0 Å². The number of carbonyl (C=O) groups excluding carboxylic acids is 1. The summed E-state index contributed by atoms with van der Waals surface area (Å²) in [5, 5.41) is 26.2. The smallest absolute Gasteiger partial charge is 0.453 e. The van der Waals surface area contributed by atoms with Crippen LogP contribution in [0.5, 0.6) is 34.5 Å². The maximum Gasteiger partial charge on any atom is 0.573 e. The molecule has 2 saturated heterocycles. The maximum absolute atomic E-state index is 13.7. The molecule has 4 heterocycles. The Kier molecular flexibility index (Phi) is 17.9. The van der Waals surface area contributed by atoms with E-state index in [0.29, 0.717) is 16.9 Å². The number of aliphatic hydroxyl groups is 2. The number of rotatable bonds is 10. The first-order valence-corrected chi connectivity index (χ1v) is 29.6. The lowest BCUT2D eigenvalue weighted by molar-refractivity contribution is -0.275. The summed E-state index contributed by atoms with van der Waals surface area (Å²) >= 11 is 0. The summed E-state index contributed by atoms with van der Waals surface area (Å²) in [6.45, 7) is 7.83. The number of aliphatic hydroxyl groups excluding tert-OH is 2. The predicted molar refractivity (Wildman–Crippen MR) is 294 cm³/mol. The number of alkyl halides is 12. The minimum absolute atomic E-state index is 0.00285. The summed E-state index contributed by atoms with van der Waals surface area (Å²) < 4.78 is 239. The normalized spacial score (nSPS) is 20.5. The number of carbonyl (C=O) groups is 1. The van der Waals surface area contributed by atoms with Crippen molar-refractivity contribution in [3.8, 4) is 34.5 Å². The van der Waals surface area contributed by atoms with Crippen LogP contribution in [0, 0.1) is 13.8 Å². The molecule has 6 aromatic rings. The molecule has 0 unspecified atom stereocenters. The molecule has 6 atom stereocenters. The van der Waals surface area contributed by atoms with Gasteiger partial charge >= 0.3 is 31.2 Å². The molecule has 6 aromatic carbocycles. The monoisotopic (exact) mass is 1310 g/mol.